The van der Waals surface area contributed by atoms with Gasteiger partial charge in [0.25, 0.3) is 0 Å². The quantitative estimate of drug-likeness (QED) is 0.773. The number of hydrogen-bond donors (Lipinski definition) is 2. The number of carbonyl (C=O) groups excluding carboxylic acids is 2. The van der Waals surface area contributed by atoms with Crippen molar-refractivity contribution in [3.63, 3.8) is 0 Å². The second kappa shape index (κ2) is 6.95. The van der Waals surface area contributed by atoms with Crippen LogP contribution in [0.5, 0.6) is 0 Å². The van der Waals surface area contributed by atoms with Crippen molar-refractivity contribution >= 4 is 24.2 Å². The van der Waals surface area contributed by atoms with Gasteiger partial charge in [-0.25, -0.2) is 0 Å². The summed E-state index contributed by atoms with van der Waals surface area (Å²) < 4.78 is 0. The largest absolute Gasteiger partial charge is 0.347 e. The maximum Gasteiger partial charge on any atom is 0.242 e. The molecular formula is C12H24ClN3O2. The van der Waals surface area contributed by atoms with E-state index < -0.39 is 5.41 Å². The fourth-order valence-corrected chi connectivity index (χ4v) is 1.77. The van der Waals surface area contributed by atoms with Gasteiger partial charge in [0.15, 0.2) is 0 Å². The lowest BCUT2D eigenvalue weighted by Gasteiger charge is -2.31. The summed E-state index contributed by atoms with van der Waals surface area (Å²) >= 11 is 0. The second-order valence-electron chi connectivity index (χ2n) is 5.67. The number of rotatable bonds is 2. The van der Waals surface area contributed by atoms with Crippen molar-refractivity contribution in [1.82, 2.24) is 10.2 Å². The number of nitrogens with one attached hydrogen (secondary N) is 1. The molecule has 5 nitrogen and oxygen atoms in total. The molecule has 3 N–H and O–H groups in total. The van der Waals surface area contributed by atoms with Gasteiger partial charge >= 0.3 is 0 Å². The van der Waals surface area contributed by atoms with Crippen molar-refractivity contribution in [2.45, 2.75) is 39.7 Å². The van der Waals surface area contributed by atoms with E-state index in [1.54, 1.807) is 4.90 Å². The van der Waals surface area contributed by atoms with Gasteiger partial charge in [0, 0.05) is 24.5 Å². The molecule has 1 aliphatic rings. The molecule has 18 heavy (non-hydrogen) atoms. The number of halogens is 1. The van der Waals surface area contributed by atoms with E-state index in [1.807, 2.05) is 20.8 Å². The highest BCUT2D eigenvalue weighted by Crippen LogP contribution is 2.12. The summed E-state index contributed by atoms with van der Waals surface area (Å²) in [5.74, 6) is -0.148. The number of nitrogens with two attached hydrogens (primary N) is 1. The summed E-state index contributed by atoms with van der Waals surface area (Å²) in [6.45, 7) is 6.89. The molecule has 1 saturated heterocycles. The van der Waals surface area contributed by atoms with Gasteiger partial charge in [0.05, 0.1) is 6.54 Å². The standard InChI is InChI=1S/C12H23N3O2.ClH/c1-12(2,3)11(17)14-7-10(16)15-6-4-5-9(13)8-15;/h9H,4-8,13H2,1-3H3,(H,14,17);1H. The fourth-order valence-electron chi connectivity index (χ4n) is 1.77. The van der Waals surface area contributed by atoms with E-state index in [4.69, 9.17) is 5.73 Å². The number of hydrogen-bond acceptors (Lipinski definition) is 3. The Morgan fingerprint density at radius 2 is 2.00 bits per heavy atom. The molecule has 1 unspecified atom stereocenters. The van der Waals surface area contributed by atoms with Crippen molar-refractivity contribution in [3.05, 3.63) is 0 Å². The van der Waals surface area contributed by atoms with Gasteiger partial charge in [0.2, 0.25) is 11.8 Å². The van der Waals surface area contributed by atoms with Crippen LogP contribution in [0, 0.1) is 5.41 Å². The van der Waals surface area contributed by atoms with Crippen molar-refractivity contribution in [2.24, 2.45) is 11.1 Å². The number of amides is 2. The highest BCUT2D eigenvalue weighted by molar-refractivity contribution is 5.87. The second-order valence-corrected chi connectivity index (χ2v) is 5.67. The van der Waals surface area contributed by atoms with E-state index in [-0.39, 0.29) is 36.8 Å². The molecular weight excluding hydrogens is 254 g/mol. The molecule has 1 atom stereocenters. The lowest BCUT2D eigenvalue weighted by atomic mass is 9.96. The van der Waals surface area contributed by atoms with E-state index in [2.05, 4.69) is 5.32 Å². The summed E-state index contributed by atoms with van der Waals surface area (Å²) in [5.41, 5.74) is 5.35. The highest BCUT2D eigenvalue weighted by atomic mass is 35.5. The third kappa shape index (κ3) is 5.23. The average molecular weight is 278 g/mol. The number of carbonyl (C=O) groups is 2. The number of likely N-dealkylation sites (tertiary alicyclic amines) is 1. The third-order valence-corrected chi connectivity index (χ3v) is 2.89. The molecule has 1 aliphatic heterocycles. The van der Waals surface area contributed by atoms with E-state index in [9.17, 15) is 9.59 Å². The Bertz CT molecular complexity index is 302. The Morgan fingerprint density at radius 1 is 1.39 bits per heavy atom. The Hall–Kier alpha value is -0.810. The van der Waals surface area contributed by atoms with Gasteiger partial charge in [-0.05, 0) is 12.8 Å². The first kappa shape index (κ1) is 17.2. The predicted octanol–water partition coefficient (Wildman–Crippen LogP) is 0.520. The molecule has 1 heterocycles. The monoisotopic (exact) mass is 277 g/mol. The zero-order valence-electron chi connectivity index (χ0n) is 11.4. The Morgan fingerprint density at radius 3 is 2.50 bits per heavy atom. The van der Waals surface area contributed by atoms with Crippen LogP contribution < -0.4 is 11.1 Å². The normalized spacial score (nSPS) is 20.0. The van der Waals surface area contributed by atoms with Crippen LogP contribution in [-0.4, -0.2) is 42.4 Å². The smallest absolute Gasteiger partial charge is 0.242 e. The topological polar surface area (TPSA) is 75.4 Å². The number of piperidine rings is 1. The molecule has 0 aromatic heterocycles. The number of nitrogens with zero attached hydrogens (tertiary/aromatic N) is 1. The van der Waals surface area contributed by atoms with Crippen LogP contribution in [0.15, 0.2) is 0 Å². The van der Waals surface area contributed by atoms with Gasteiger partial charge < -0.3 is 16.0 Å². The summed E-state index contributed by atoms with van der Waals surface area (Å²) in [6.07, 6.45) is 1.91. The van der Waals surface area contributed by atoms with Crippen LogP contribution >= 0.6 is 12.4 Å². The van der Waals surface area contributed by atoms with Gasteiger partial charge in [0.1, 0.15) is 0 Å². The Labute approximate surface area is 115 Å². The minimum Gasteiger partial charge on any atom is -0.347 e. The van der Waals surface area contributed by atoms with Crippen LogP contribution in [-0.2, 0) is 9.59 Å². The van der Waals surface area contributed by atoms with E-state index in [1.165, 1.54) is 0 Å². The summed E-state index contributed by atoms with van der Waals surface area (Å²) in [6, 6.07) is 0.0750. The molecule has 0 radical (unpaired) electrons. The van der Waals surface area contributed by atoms with Crippen LogP contribution in [0.1, 0.15) is 33.6 Å². The third-order valence-electron chi connectivity index (χ3n) is 2.89. The van der Waals surface area contributed by atoms with Gasteiger partial charge in [-0.2, -0.15) is 0 Å². The molecule has 6 heteroatoms. The maximum atomic E-state index is 11.8. The van der Waals surface area contributed by atoms with Gasteiger partial charge in [-0.15, -0.1) is 12.4 Å². The highest BCUT2D eigenvalue weighted by Gasteiger charge is 2.24. The average Bonchev–Trinajstić information content (AvgIpc) is 2.24. The molecule has 0 bridgehead atoms. The molecule has 1 rings (SSSR count). The van der Waals surface area contributed by atoms with E-state index in [0.29, 0.717) is 6.54 Å². The SMILES string of the molecule is CC(C)(C)C(=O)NCC(=O)N1CCCC(N)C1.Cl. The Kier molecular flexibility index (Phi) is 6.63. The Balaban J connectivity index is 0.00000289. The summed E-state index contributed by atoms with van der Waals surface area (Å²) in [4.78, 5) is 25.2. The fraction of sp³-hybridized carbons (Fsp3) is 0.833. The minimum absolute atomic E-state index is 0. The van der Waals surface area contributed by atoms with Crippen LogP contribution in [0.2, 0.25) is 0 Å². The lowest BCUT2D eigenvalue weighted by Crippen LogP contribution is -2.49. The maximum absolute atomic E-state index is 11.8. The molecule has 2 amide bonds. The van der Waals surface area contributed by atoms with Crippen molar-refractivity contribution < 1.29 is 9.59 Å². The van der Waals surface area contributed by atoms with Crippen LogP contribution in [0.3, 0.4) is 0 Å². The summed E-state index contributed by atoms with van der Waals surface area (Å²) in [5, 5.41) is 2.66. The molecule has 1 fully saturated rings. The van der Waals surface area contributed by atoms with Crippen molar-refractivity contribution in [3.8, 4) is 0 Å². The van der Waals surface area contributed by atoms with Crippen molar-refractivity contribution in [2.75, 3.05) is 19.6 Å². The van der Waals surface area contributed by atoms with Crippen molar-refractivity contribution in [1.29, 1.82) is 0 Å². The first-order valence-electron chi connectivity index (χ1n) is 6.12. The first-order valence-corrected chi connectivity index (χ1v) is 6.12. The van der Waals surface area contributed by atoms with E-state index >= 15 is 0 Å². The molecule has 0 saturated carbocycles. The van der Waals surface area contributed by atoms with Crippen LogP contribution in [0.25, 0.3) is 0 Å². The zero-order chi connectivity index (χ0) is 13.1. The molecule has 0 aliphatic carbocycles. The predicted molar refractivity (Wildman–Crippen MR) is 73.5 cm³/mol. The molecule has 0 spiro atoms. The lowest BCUT2D eigenvalue weighted by molar-refractivity contribution is -0.135. The molecule has 0 aromatic carbocycles. The minimum atomic E-state index is -0.460. The summed E-state index contributed by atoms with van der Waals surface area (Å²) in [7, 11) is 0. The van der Waals surface area contributed by atoms with Gasteiger partial charge in [-0.3, -0.25) is 9.59 Å². The zero-order valence-corrected chi connectivity index (χ0v) is 12.2. The van der Waals surface area contributed by atoms with Gasteiger partial charge in [-0.1, -0.05) is 20.8 Å². The molecule has 106 valence electrons. The first-order chi connectivity index (χ1) is 7.80. The molecule has 0 aromatic rings. The van der Waals surface area contributed by atoms with E-state index in [0.717, 1.165) is 19.4 Å². The van der Waals surface area contributed by atoms with Crippen LogP contribution in [0.4, 0.5) is 0 Å².